The normalized spacial score (nSPS) is 23.6. The van der Waals surface area contributed by atoms with Crippen molar-refractivity contribution in [3.05, 3.63) is 0 Å². The van der Waals surface area contributed by atoms with Crippen molar-refractivity contribution in [1.82, 2.24) is 5.32 Å². The molecule has 0 spiro atoms. The summed E-state index contributed by atoms with van der Waals surface area (Å²) >= 11 is 0. The van der Waals surface area contributed by atoms with E-state index in [0.29, 0.717) is 18.7 Å². The van der Waals surface area contributed by atoms with Gasteiger partial charge in [0.05, 0.1) is 5.84 Å². The molecule has 0 aromatic carbocycles. The van der Waals surface area contributed by atoms with Gasteiger partial charge in [-0.1, -0.05) is 0 Å². The van der Waals surface area contributed by atoms with Gasteiger partial charge in [-0.2, -0.15) is 0 Å². The van der Waals surface area contributed by atoms with E-state index >= 15 is 0 Å². The van der Waals surface area contributed by atoms with E-state index in [1.807, 2.05) is 0 Å². The van der Waals surface area contributed by atoms with Crippen LogP contribution in [-0.4, -0.2) is 17.8 Å². The first kappa shape index (κ1) is 9.42. The van der Waals surface area contributed by atoms with E-state index in [0.717, 1.165) is 0 Å². The highest BCUT2D eigenvalue weighted by Crippen LogP contribution is 2.32. The van der Waals surface area contributed by atoms with Crippen molar-refractivity contribution in [2.75, 3.05) is 0 Å². The predicted molar refractivity (Wildman–Crippen MR) is 43.7 cm³/mol. The van der Waals surface area contributed by atoms with Crippen LogP contribution in [0, 0.1) is 5.41 Å². The van der Waals surface area contributed by atoms with Crippen LogP contribution in [0.15, 0.2) is 0 Å². The second-order valence-corrected chi connectivity index (χ2v) is 3.40. The maximum absolute atomic E-state index is 12.6. The van der Waals surface area contributed by atoms with Gasteiger partial charge in [-0.25, -0.2) is 8.78 Å². The Balaban J connectivity index is 2.31. The summed E-state index contributed by atoms with van der Waals surface area (Å²) in [6.45, 7) is 1.63. The third kappa shape index (κ3) is 2.75. The standard InChI is InChI=1S/C8H14F2N2/c1-6(11)12-7-2-4-8(9,10)5-3-7/h7H,2-5H2,1H3,(H2,11,12). The average molecular weight is 176 g/mol. The molecule has 1 fully saturated rings. The van der Waals surface area contributed by atoms with Crippen LogP contribution in [0.25, 0.3) is 0 Å². The van der Waals surface area contributed by atoms with Crippen LogP contribution >= 0.6 is 0 Å². The van der Waals surface area contributed by atoms with Crippen LogP contribution in [-0.2, 0) is 0 Å². The first-order chi connectivity index (χ1) is 5.49. The monoisotopic (exact) mass is 176 g/mol. The molecule has 1 rings (SSSR count). The van der Waals surface area contributed by atoms with Gasteiger partial charge in [0.2, 0.25) is 5.92 Å². The average Bonchev–Trinajstić information content (AvgIpc) is 1.93. The Hall–Kier alpha value is -0.670. The minimum absolute atomic E-state index is 0.0437. The second-order valence-electron chi connectivity index (χ2n) is 3.40. The van der Waals surface area contributed by atoms with Crippen molar-refractivity contribution in [3.63, 3.8) is 0 Å². The summed E-state index contributed by atoms with van der Waals surface area (Å²) in [4.78, 5) is 0. The van der Waals surface area contributed by atoms with Gasteiger partial charge in [0.1, 0.15) is 0 Å². The fourth-order valence-electron chi connectivity index (χ4n) is 1.49. The molecule has 1 saturated carbocycles. The molecule has 0 atom stereocenters. The Morgan fingerprint density at radius 3 is 2.33 bits per heavy atom. The van der Waals surface area contributed by atoms with Gasteiger partial charge in [0.25, 0.3) is 0 Å². The summed E-state index contributed by atoms with van der Waals surface area (Å²) in [6, 6.07) is 0.0853. The first-order valence-corrected chi connectivity index (χ1v) is 4.19. The number of alkyl halides is 2. The molecule has 70 valence electrons. The molecule has 0 unspecified atom stereocenters. The molecule has 0 amide bonds. The van der Waals surface area contributed by atoms with Crippen molar-refractivity contribution in [1.29, 1.82) is 5.41 Å². The summed E-state index contributed by atoms with van der Waals surface area (Å²) < 4.78 is 25.3. The maximum atomic E-state index is 12.6. The minimum Gasteiger partial charge on any atom is -0.372 e. The molecule has 0 aromatic heterocycles. The van der Waals surface area contributed by atoms with Crippen molar-refractivity contribution < 1.29 is 8.78 Å². The molecular weight excluding hydrogens is 162 g/mol. The van der Waals surface area contributed by atoms with Gasteiger partial charge < -0.3 is 5.32 Å². The number of halogens is 2. The molecule has 0 aromatic rings. The molecule has 0 aliphatic heterocycles. The van der Waals surface area contributed by atoms with Crippen molar-refractivity contribution in [2.45, 2.75) is 44.6 Å². The van der Waals surface area contributed by atoms with Gasteiger partial charge in [0, 0.05) is 18.9 Å². The Labute approximate surface area is 70.9 Å². The van der Waals surface area contributed by atoms with Gasteiger partial charge in [-0.3, -0.25) is 5.41 Å². The summed E-state index contributed by atoms with van der Waals surface area (Å²) in [6.07, 6.45) is 0.863. The first-order valence-electron chi connectivity index (χ1n) is 4.19. The van der Waals surface area contributed by atoms with E-state index in [-0.39, 0.29) is 18.9 Å². The van der Waals surface area contributed by atoms with Gasteiger partial charge >= 0.3 is 0 Å². The Morgan fingerprint density at radius 1 is 1.42 bits per heavy atom. The lowest BCUT2D eigenvalue weighted by atomic mass is 9.92. The van der Waals surface area contributed by atoms with E-state index in [2.05, 4.69) is 5.32 Å². The Bertz CT molecular complexity index is 170. The van der Waals surface area contributed by atoms with Crippen LogP contribution in [0.1, 0.15) is 32.6 Å². The lowest BCUT2D eigenvalue weighted by Gasteiger charge is -2.28. The van der Waals surface area contributed by atoms with Crippen molar-refractivity contribution >= 4 is 5.84 Å². The van der Waals surface area contributed by atoms with Crippen LogP contribution in [0.3, 0.4) is 0 Å². The lowest BCUT2D eigenvalue weighted by molar-refractivity contribution is -0.0390. The highest BCUT2D eigenvalue weighted by atomic mass is 19.3. The summed E-state index contributed by atoms with van der Waals surface area (Å²) in [5, 5.41) is 10.0. The summed E-state index contributed by atoms with van der Waals surface area (Å²) in [7, 11) is 0. The smallest absolute Gasteiger partial charge is 0.248 e. The quantitative estimate of drug-likeness (QED) is 0.466. The largest absolute Gasteiger partial charge is 0.372 e. The van der Waals surface area contributed by atoms with E-state index in [1.54, 1.807) is 6.92 Å². The Morgan fingerprint density at radius 2 is 1.92 bits per heavy atom. The topological polar surface area (TPSA) is 35.9 Å². The summed E-state index contributed by atoms with van der Waals surface area (Å²) in [5.41, 5.74) is 0. The zero-order chi connectivity index (χ0) is 9.19. The molecule has 2 nitrogen and oxygen atoms in total. The number of rotatable bonds is 1. The lowest BCUT2D eigenvalue weighted by Crippen LogP contribution is -2.38. The molecule has 0 bridgehead atoms. The minimum atomic E-state index is -2.46. The van der Waals surface area contributed by atoms with Gasteiger partial charge in [-0.05, 0) is 19.8 Å². The highest BCUT2D eigenvalue weighted by Gasteiger charge is 2.34. The third-order valence-corrected chi connectivity index (χ3v) is 2.14. The molecule has 0 radical (unpaired) electrons. The SMILES string of the molecule is CC(=N)NC1CCC(F)(F)CC1. The molecule has 1 aliphatic carbocycles. The number of hydrogen-bond donors (Lipinski definition) is 2. The van der Waals surface area contributed by atoms with Gasteiger partial charge in [-0.15, -0.1) is 0 Å². The fraction of sp³-hybridized carbons (Fsp3) is 0.875. The van der Waals surface area contributed by atoms with Crippen LogP contribution in [0.2, 0.25) is 0 Å². The fourth-order valence-corrected chi connectivity index (χ4v) is 1.49. The zero-order valence-corrected chi connectivity index (χ0v) is 7.16. The molecular formula is C8H14F2N2. The van der Waals surface area contributed by atoms with E-state index in [9.17, 15) is 8.78 Å². The van der Waals surface area contributed by atoms with Crippen molar-refractivity contribution in [2.24, 2.45) is 0 Å². The summed E-state index contributed by atoms with van der Waals surface area (Å²) in [5.74, 6) is -2.10. The zero-order valence-electron chi connectivity index (χ0n) is 7.16. The molecule has 4 heteroatoms. The van der Waals surface area contributed by atoms with Crippen LogP contribution < -0.4 is 5.32 Å². The molecule has 0 heterocycles. The second kappa shape index (κ2) is 3.37. The maximum Gasteiger partial charge on any atom is 0.248 e. The number of amidine groups is 1. The van der Waals surface area contributed by atoms with Crippen LogP contribution in [0.4, 0.5) is 8.78 Å². The molecule has 1 aliphatic rings. The van der Waals surface area contributed by atoms with E-state index in [4.69, 9.17) is 5.41 Å². The third-order valence-electron chi connectivity index (χ3n) is 2.14. The van der Waals surface area contributed by atoms with Gasteiger partial charge in [0.15, 0.2) is 0 Å². The van der Waals surface area contributed by atoms with E-state index < -0.39 is 5.92 Å². The molecule has 2 N–H and O–H groups in total. The van der Waals surface area contributed by atoms with E-state index in [1.165, 1.54) is 0 Å². The number of hydrogen-bond acceptors (Lipinski definition) is 1. The Kier molecular flexibility index (Phi) is 2.65. The van der Waals surface area contributed by atoms with Crippen molar-refractivity contribution in [3.8, 4) is 0 Å². The predicted octanol–water partition coefficient (Wildman–Crippen LogP) is 2.15. The molecule has 12 heavy (non-hydrogen) atoms. The number of nitrogens with one attached hydrogen (secondary N) is 2. The molecule has 0 saturated heterocycles. The van der Waals surface area contributed by atoms with Crippen LogP contribution in [0.5, 0.6) is 0 Å². The highest BCUT2D eigenvalue weighted by molar-refractivity contribution is 5.76.